The van der Waals surface area contributed by atoms with Gasteiger partial charge in [0.1, 0.15) is 5.52 Å². The highest BCUT2D eigenvalue weighted by Gasteiger charge is 2.15. The molecule has 0 saturated carbocycles. The van der Waals surface area contributed by atoms with Gasteiger partial charge in [-0.05, 0) is 36.9 Å². The van der Waals surface area contributed by atoms with E-state index in [0.29, 0.717) is 11.7 Å². The quantitative estimate of drug-likeness (QED) is 0.583. The Morgan fingerprint density at radius 1 is 1.26 bits per heavy atom. The lowest BCUT2D eigenvalue weighted by molar-refractivity contribution is 0.447. The second kappa shape index (κ2) is 6.96. The van der Waals surface area contributed by atoms with Gasteiger partial charge < -0.3 is 16.5 Å². The second-order valence-electron chi connectivity index (χ2n) is 6.20. The highest BCUT2D eigenvalue weighted by atomic mass is 14.9. The molecule has 5 nitrogen and oxygen atoms in total. The minimum absolute atomic E-state index is 0.487. The third-order valence-corrected chi connectivity index (χ3v) is 4.65. The maximum Gasteiger partial charge on any atom is 0.152 e. The molecule has 0 fully saturated rings. The first kappa shape index (κ1) is 15.7. The van der Waals surface area contributed by atoms with Crippen LogP contribution in [0, 0.1) is 5.92 Å². The number of nitrogens with one attached hydrogen (secondary N) is 1. The first-order valence-corrected chi connectivity index (χ1v) is 8.44. The molecular weight excluding hydrogens is 286 g/mol. The SMILES string of the molecule is CCC(CCCCN)Cc1cccc2nc(N)c3nc[nH]c3c12. The number of nitrogens with two attached hydrogens (primary N) is 2. The monoisotopic (exact) mass is 311 g/mol. The van der Waals surface area contributed by atoms with Gasteiger partial charge in [-0.15, -0.1) is 0 Å². The number of rotatable bonds is 7. The van der Waals surface area contributed by atoms with Crippen molar-refractivity contribution in [1.82, 2.24) is 15.0 Å². The fourth-order valence-electron chi connectivity index (χ4n) is 3.34. The molecule has 5 heteroatoms. The Balaban J connectivity index is 1.98. The topological polar surface area (TPSA) is 93.6 Å². The third-order valence-electron chi connectivity index (χ3n) is 4.65. The lowest BCUT2D eigenvalue weighted by Gasteiger charge is -2.16. The van der Waals surface area contributed by atoms with Crippen molar-refractivity contribution >= 4 is 27.8 Å². The van der Waals surface area contributed by atoms with Gasteiger partial charge in [0.2, 0.25) is 0 Å². The fraction of sp³-hybridized carbons (Fsp3) is 0.444. The number of nitrogen functional groups attached to an aromatic ring is 1. The zero-order chi connectivity index (χ0) is 16.2. The Bertz CT molecular complexity index is 793. The molecule has 0 aliphatic carbocycles. The summed E-state index contributed by atoms with van der Waals surface area (Å²) in [6.07, 6.45) is 7.45. The molecule has 1 atom stereocenters. The van der Waals surface area contributed by atoms with Crippen molar-refractivity contribution in [2.24, 2.45) is 11.7 Å². The number of imidazole rings is 1. The molecule has 2 aromatic heterocycles. The summed E-state index contributed by atoms with van der Waals surface area (Å²) in [4.78, 5) is 12.1. The van der Waals surface area contributed by atoms with Crippen LogP contribution in [-0.2, 0) is 6.42 Å². The smallest absolute Gasteiger partial charge is 0.152 e. The minimum atomic E-state index is 0.487. The van der Waals surface area contributed by atoms with Crippen LogP contribution in [0.3, 0.4) is 0 Å². The molecule has 0 radical (unpaired) electrons. The van der Waals surface area contributed by atoms with Gasteiger partial charge in [-0.25, -0.2) is 9.97 Å². The number of benzene rings is 1. The predicted molar refractivity (Wildman–Crippen MR) is 96.2 cm³/mol. The summed E-state index contributed by atoms with van der Waals surface area (Å²) in [7, 11) is 0. The molecule has 3 aromatic rings. The van der Waals surface area contributed by atoms with E-state index in [1.165, 1.54) is 24.8 Å². The van der Waals surface area contributed by atoms with Crippen LogP contribution in [0.25, 0.3) is 21.9 Å². The van der Waals surface area contributed by atoms with Gasteiger partial charge in [0, 0.05) is 5.39 Å². The van der Waals surface area contributed by atoms with Gasteiger partial charge in [-0.2, -0.15) is 0 Å². The number of aromatic amines is 1. The standard InChI is InChI=1S/C18H25N5/c1-2-12(6-3-4-9-19)10-13-7-5-8-14-15(13)16-17(18(20)23-14)22-11-21-16/h5,7-8,11-12H,2-4,6,9-10,19H2,1H3,(H2,20,23)(H,21,22). The van der Waals surface area contributed by atoms with Gasteiger partial charge in [-0.1, -0.05) is 38.3 Å². The summed E-state index contributed by atoms with van der Waals surface area (Å²) in [5.41, 5.74) is 15.7. The first-order chi connectivity index (χ1) is 11.2. The lowest BCUT2D eigenvalue weighted by atomic mass is 9.90. The third kappa shape index (κ3) is 3.15. The van der Waals surface area contributed by atoms with Crippen LogP contribution in [0.15, 0.2) is 24.5 Å². The van der Waals surface area contributed by atoms with Crippen LogP contribution in [0.1, 0.15) is 38.2 Å². The molecule has 0 spiro atoms. The van der Waals surface area contributed by atoms with Crippen molar-refractivity contribution in [2.75, 3.05) is 12.3 Å². The van der Waals surface area contributed by atoms with Crippen LogP contribution in [0.4, 0.5) is 5.82 Å². The summed E-state index contributed by atoms with van der Waals surface area (Å²) in [5.74, 6) is 1.16. The number of fused-ring (bicyclic) bond motifs is 3. The lowest BCUT2D eigenvalue weighted by Crippen LogP contribution is -2.06. The largest absolute Gasteiger partial charge is 0.382 e. The number of anilines is 1. The number of hydrogen-bond acceptors (Lipinski definition) is 4. The van der Waals surface area contributed by atoms with E-state index in [-0.39, 0.29) is 0 Å². The van der Waals surface area contributed by atoms with E-state index in [1.54, 1.807) is 6.33 Å². The summed E-state index contributed by atoms with van der Waals surface area (Å²) in [5, 5.41) is 1.16. The number of H-pyrrole nitrogens is 1. The number of pyridine rings is 1. The van der Waals surface area contributed by atoms with Gasteiger partial charge in [-0.3, -0.25) is 0 Å². The highest BCUT2D eigenvalue weighted by Crippen LogP contribution is 2.30. The van der Waals surface area contributed by atoms with E-state index in [0.717, 1.165) is 41.3 Å². The van der Waals surface area contributed by atoms with Gasteiger partial charge in [0.25, 0.3) is 0 Å². The van der Waals surface area contributed by atoms with E-state index in [4.69, 9.17) is 11.5 Å². The summed E-state index contributed by atoms with van der Waals surface area (Å²) >= 11 is 0. The number of aromatic nitrogens is 3. The van der Waals surface area contributed by atoms with E-state index in [2.05, 4.69) is 34.0 Å². The molecule has 2 heterocycles. The minimum Gasteiger partial charge on any atom is -0.382 e. The zero-order valence-electron chi connectivity index (χ0n) is 13.7. The van der Waals surface area contributed by atoms with Crippen molar-refractivity contribution in [1.29, 1.82) is 0 Å². The Labute approximate surface area is 136 Å². The van der Waals surface area contributed by atoms with Crippen molar-refractivity contribution in [2.45, 2.75) is 39.0 Å². The van der Waals surface area contributed by atoms with Gasteiger partial charge >= 0.3 is 0 Å². The molecule has 3 rings (SSSR count). The molecular formula is C18H25N5. The van der Waals surface area contributed by atoms with E-state index in [9.17, 15) is 0 Å². The predicted octanol–water partition coefficient (Wildman–Crippen LogP) is 3.39. The van der Waals surface area contributed by atoms with Crippen molar-refractivity contribution in [3.8, 4) is 0 Å². The summed E-state index contributed by atoms with van der Waals surface area (Å²) < 4.78 is 0. The Morgan fingerprint density at radius 3 is 2.91 bits per heavy atom. The highest BCUT2D eigenvalue weighted by molar-refractivity contribution is 6.07. The van der Waals surface area contributed by atoms with E-state index in [1.807, 2.05) is 6.07 Å². The normalized spacial score (nSPS) is 13.0. The molecule has 0 aliphatic heterocycles. The Morgan fingerprint density at radius 2 is 2.13 bits per heavy atom. The van der Waals surface area contributed by atoms with Crippen LogP contribution in [-0.4, -0.2) is 21.5 Å². The Hall–Kier alpha value is -2.14. The van der Waals surface area contributed by atoms with Gasteiger partial charge in [0.15, 0.2) is 5.82 Å². The van der Waals surface area contributed by atoms with Crippen LogP contribution in [0.2, 0.25) is 0 Å². The molecule has 0 bridgehead atoms. The second-order valence-corrected chi connectivity index (χ2v) is 6.20. The first-order valence-electron chi connectivity index (χ1n) is 8.44. The molecule has 0 amide bonds. The maximum absolute atomic E-state index is 6.02. The van der Waals surface area contributed by atoms with Crippen LogP contribution in [0.5, 0.6) is 0 Å². The molecule has 5 N–H and O–H groups in total. The molecule has 23 heavy (non-hydrogen) atoms. The maximum atomic E-state index is 6.02. The van der Waals surface area contributed by atoms with E-state index >= 15 is 0 Å². The molecule has 0 aliphatic rings. The fourth-order valence-corrected chi connectivity index (χ4v) is 3.34. The van der Waals surface area contributed by atoms with Crippen molar-refractivity contribution in [3.63, 3.8) is 0 Å². The number of nitrogens with zero attached hydrogens (tertiary/aromatic N) is 2. The molecule has 1 aromatic carbocycles. The Kier molecular flexibility index (Phi) is 4.76. The average Bonchev–Trinajstić information content (AvgIpc) is 3.04. The number of unbranched alkanes of at least 4 members (excludes halogenated alkanes) is 1. The molecule has 1 unspecified atom stereocenters. The van der Waals surface area contributed by atoms with Crippen LogP contribution < -0.4 is 11.5 Å². The molecule has 0 saturated heterocycles. The zero-order valence-corrected chi connectivity index (χ0v) is 13.7. The van der Waals surface area contributed by atoms with Crippen molar-refractivity contribution < 1.29 is 0 Å². The van der Waals surface area contributed by atoms with Crippen molar-refractivity contribution in [3.05, 3.63) is 30.1 Å². The summed E-state index contributed by atoms with van der Waals surface area (Å²) in [6.45, 7) is 3.04. The average molecular weight is 311 g/mol. The van der Waals surface area contributed by atoms with Crippen LogP contribution >= 0.6 is 0 Å². The summed E-state index contributed by atoms with van der Waals surface area (Å²) in [6, 6.07) is 6.29. The molecule has 122 valence electrons. The van der Waals surface area contributed by atoms with Gasteiger partial charge in [0.05, 0.1) is 17.4 Å². The number of hydrogen-bond donors (Lipinski definition) is 3. The van der Waals surface area contributed by atoms with E-state index < -0.39 is 0 Å².